The number of carboxylic acid groups (broad SMARTS) is 1. The largest absolute Gasteiger partial charge is 0.481 e. The lowest BCUT2D eigenvalue weighted by Crippen LogP contribution is -2.31. The molecular formula is C18H18FNO4. The van der Waals surface area contributed by atoms with E-state index in [1.807, 2.05) is 18.2 Å². The quantitative estimate of drug-likeness (QED) is 0.848. The number of ether oxygens (including phenoxy) is 1. The minimum absolute atomic E-state index is 0.0641. The standard InChI is InChI=1S/C18H18FNO4/c1-12-7-8-14(19)9-15(12)16(10-17(21)22)20-18(23)24-11-13-5-3-2-4-6-13/h2-9,16H,10-11H2,1H3,(H,20,23)(H,21,22)/t16-/m0/s1. The number of carbonyl (C=O) groups is 2. The molecule has 2 aromatic rings. The van der Waals surface area contributed by atoms with Crippen LogP contribution >= 0.6 is 0 Å². The summed E-state index contributed by atoms with van der Waals surface area (Å²) in [6.45, 7) is 1.79. The van der Waals surface area contributed by atoms with E-state index in [2.05, 4.69) is 5.32 Å². The highest BCUT2D eigenvalue weighted by atomic mass is 19.1. The topological polar surface area (TPSA) is 75.6 Å². The molecule has 0 fully saturated rings. The number of hydrogen-bond donors (Lipinski definition) is 2. The van der Waals surface area contributed by atoms with Gasteiger partial charge in [-0.2, -0.15) is 0 Å². The molecule has 0 aliphatic carbocycles. The van der Waals surface area contributed by atoms with Crippen molar-refractivity contribution in [2.75, 3.05) is 0 Å². The highest BCUT2D eigenvalue weighted by Gasteiger charge is 2.21. The van der Waals surface area contributed by atoms with E-state index < -0.39 is 23.9 Å². The van der Waals surface area contributed by atoms with Gasteiger partial charge in [0.1, 0.15) is 12.4 Å². The summed E-state index contributed by atoms with van der Waals surface area (Å²) in [7, 11) is 0. The number of aliphatic carboxylic acids is 1. The van der Waals surface area contributed by atoms with Crippen LogP contribution in [0.2, 0.25) is 0 Å². The van der Waals surface area contributed by atoms with E-state index in [1.165, 1.54) is 18.2 Å². The molecule has 0 aliphatic rings. The van der Waals surface area contributed by atoms with Crippen LogP contribution in [-0.4, -0.2) is 17.2 Å². The second-order valence-electron chi connectivity index (χ2n) is 5.36. The smallest absolute Gasteiger partial charge is 0.407 e. The Bertz CT molecular complexity index is 718. The first kappa shape index (κ1) is 17.5. The van der Waals surface area contributed by atoms with Crippen molar-refractivity contribution in [3.8, 4) is 0 Å². The summed E-state index contributed by atoms with van der Waals surface area (Å²) in [5.74, 6) is -1.60. The second-order valence-corrected chi connectivity index (χ2v) is 5.36. The minimum atomic E-state index is -1.10. The Morgan fingerprint density at radius 3 is 2.58 bits per heavy atom. The van der Waals surface area contributed by atoms with Crippen LogP contribution in [0.15, 0.2) is 48.5 Å². The van der Waals surface area contributed by atoms with Crippen molar-refractivity contribution < 1.29 is 23.8 Å². The molecule has 0 saturated heterocycles. The van der Waals surface area contributed by atoms with Crippen molar-refractivity contribution in [3.63, 3.8) is 0 Å². The molecule has 0 heterocycles. The van der Waals surface area contributed by atoms with Gasteiger partial charge in [0, 0.05) is 0 Å². The molecule has 24 heavy (non-hydrogen) atoms. The molecule has 0 aromatic heterocycles. The van der Waals surface area contributed by atoms with Crippen LogP contribution in [0.4, 0.5) is 9.18 Å². The third-order valence-corrected chi connectivity index (χ3v) is 3.50. The van der Waals surface area contributed by atoms with Crippen molar-refractivity contribution in [2.45, 2.75) is 26.0 Å². The van der Waals surface area contributed by atoms with Gasteiger partial charge in [-0.3, -0.25) is 4.79 Å². The lowest BCUT2D eigenvalue weighted by molar-refractivity contribution is -0.137. The zero-order valence-electron chi connectivity index (χ0n) is 13.2. The Kier molecular flexibility index (Phi) is 5.89. The van der Waals surface area contributed by atoms with Crippen LogP contribution in [0.1, 0.15) is 29.2 Å². The number of carboxylic acids is 1. The Balaban J connectivity index is 2.06. The maximum atomic E-state index is 13.5. The molecular weight excluding hydrogens is 313 g/mol. The van der Waals surface area contributed by atoms with Crippen molar-refractivity contribution in [3.05, 3.63) is 71.0 Å². The average molecular weight is 331 g/mol. The van der Waals surface area contributed by atoms with Crippen molar-refractivity contribution in [1.29, 1.82) is 0 Å². The number of alkyl carbamates (subject to hydrolysis) is 1. The van der Waals surface area contributed by atoms with Crippen molar-refractivity contribution in [1.82, 2.24) is 5.32 Å². The van der Waals surface area contributed by atoms with E-state index in [4.69, 9.17) is 9.84 Å². The predicted molar refractivity (Wildman–Crippen MR) is 85.9 cm³/mol. The van der Waals surface area contributed by atoms with Gasteiger partial charge < -0.3 is 15.2 Å². The SMILES string of the molecule is Cc1ccc(F)cc1[C@H](CC(=O)O)NC(=O)OCc1ccccc1. The van der Waals surface area contributed by atoms with E-state index in [1.54, 1.807) is 19.1 Å². The molecule has 0 radical (unpaired) electrons. The van der Waals surface area contributed by atoms with E-state index in [0.29, 0.717) is 11.1 Å². The number of aryl methyl sites for hydroxylation is 1. The Morgan fingerprint density at radius 2 is 1.92 bits per heavy atom. The molecule has 6 heteroatoms. The van der Waals surface area contributed by atoms with Crippen LogP contribution in [0, 0.1) is 12.7 Å². The van der Waals surface area contributed by atoms with Crippen LogP contribution in [0.5, 0.6) is 0 Å². The first-order valence-electron chi connectivity index (χ1n) is 7.41. The normalized spacial score (nSPS) is 11.6. The Morgan fingerprint density at radius 1 is 1.21 bits per heavy atom. The molecule has 2 rings (SSSR count). The maximum Gasteiger partial charge on any atom is 0.407 e. The van der Waals surface area contributed by atoms with Crippen molar-refractivity contribution >= 4 is 12.1 Å². The minimum Gasteiger partial charge on any atom is -0.481 e. The van der Waals surface area contributed by atoms with E-state index >= 15 is 0 Å². The van der Waals surface area contributed by atoms with Crippen LogP contribution in [-0.2, 0) is 16.1 Å². The molecule has 1 atom stereocenters. The molecule has 2 N–H and O–H groups in total. The summed E-state index contributed by atoms with van der Waals surface area (Å²) in [6.07, 6.45) is -1.13. The fourth-order valence-corrected chi connectivity index (χ4v) is 2.31. The molecule has 126 valence electrons. The fourth-order valence-electron chi connectivity index (χ4n) is 2.31. The first-order chi connectivity index (χ1) is 11.5. The van der Waals surface area contributed by atoms with Gasteiger partial charge >= 0.3 is 12.1 Å². The summed E-state index contributed by atoms with van der Waals surface area (Å²) >= 11 is 0. The van der Waals surface area contributed by atoms with E-state index in [-0.39, 0.29) is 13.0 Å². The molecule has 1 amide bonds. The number of hydrogen-bond acceptors (Lipinski definition) is 3. The zero-order valence-corrected chi connectivity index (χ0v) is 13.2. The Hall–Kier alpha value is -2.89. The van der Waals surface area contributed by atoms with Gasteiger partial charge in [-0.25, -0.2) is 9.18 Å². The third-order valence-electron chi connectivity index (χ3n) is 3.50. The van der Waals surface area contributed by atoms with Gasteiger partial charge in [0.2, 0.25) is 0 Å². The van der Waals surface area contributed by atoms with Gasteiger partial charge in [0.05, 0.1) is 12.5 Å². The Labute approximate surface area is 139 Å². The molecule has 0 bridgehead atoms. The average Bonchev–Trinajstić information content (AvgIpc) is 2.55. The first-order valence-corrected chi connectivity index (χ1v) is 7.41. The highest BCUT2D eigenvalue weighted by molar-refractivity contribution is 5.72. The molecule has 0 spiro atoms. The number of nitrogens with one attached hydrogen (secondary N) is 1. The van der Waals surface area contributed by atoms with Crippen molar-refractivity contribution in [2.24, 2.45) is 0 Å². The van der Waals surface area contributed by atoms with Crippen LogP contribution in [0.3, 0.4) is 0 Å². The maximum absolute atomic E-state index is 13.5. The van der Waals surface area contributed by atoms with Gasteiger partial charge in [-0.05, 0) is 35.7 Å². The molecule has 5 nitrogen and oxygen atoms in total. The van der Waals surface area contributed by atoms with Gasteiger partial charge in [-0.1, -0.05) is 36.4 Å². The summed E-state index contributed by atoms with van der Waals surface area (Å²) in [5.41, 5.74) is 1.91. The number of benzene rings is 2. The third kappa shape index (κ3) is 5.08. The lowest BCUT2D eigenvalue weighted by Gasteiger charge is -2.19. The van der Waals surface area contributed by atoms with Gasteiger partial charge in [0.15, 0.2) is 0 Å². The van der Waals surface area contributed by atoms with E-state index in [0.717, 1.165) is 5.56 Å². The number of halogens is 1. The van der Waals surface area contributed by atoms with E-state index in [9.17, 15) is 14.0 Å². The summed E-state index contributed by atoms with van der Waals surface area (Å²) in [6, 6.07) is 12.3. The predicted octanol–water partition coefficient (Wildman–Crippen LogP) is 3.58. The molecule has 0 unspecified atom stereocenters. The molecule has 0 aliphatic heterocycles. The lowest BCUT2D eigenvalue weighted by atomic mass is 9.98. The van der Waals surface area contributed by atoms with Crippen LogP contribution < -0.4 is 5.32 Å². The summed E-state index contributed by atoms with van der Waals surface area (Å²) < 4.78 is 18.6. The number of amides is 1. The number of rotatable bonds is 6. The summed E-state index contributed by atoms with van der Waals surface area (Å²) in [5, 5.41) is 11.5. The summed E-state index contributed by atoms with van der Waals surface area (Å²) in [4.78, 5) is 23.0. The monoisotopic (exact) mass is 331 g/mol. The fraction of sp³-hybridized carbons (Fsp3) is 0.222. The number of carbonyl (C=O) groups excluding carboxylic acids is 1. The highest BCUT2D eigenvalue weighted by Crippen LogP contribution is 2.22. The molecule has 2 aromatic carbocycles. The van der Waals surface area contributed by atoms with Gasteiger partial charge in [0.25, 0.3) is 0 Å². The second kappa shape index (κ2) is 8.10. The van der Waals surface area contributed by atoms with Crippen LogP contribution in [0.25, 0.3) is 0 Å². The molecule has 0 saturated carbocycles. The zero-order chi connectivity index (χ0) is 17.5. The van der Waals surface area contributed by atoms with Gasteiger partial charge in [-0.15, -0.1) is 0 Å².